The predicted molar refractivity (Wildman–Crippen MR) is 112 cm³/mol. The van der Waals surface area contributed by atoms with Crippen molar-refractivity contribution in [1.29, 1.82) is 0 Å². The Morgan fingerprint density at radius 2 is 1.72 bits per heavy atom. The molecule has 3 aromatic heterocycles. The van der Waals surface area contributed by atoms with E-state index in [4.69, 9.17) is 4.98 Å². The van der Waals surface area contributed by atoms with Gasteiger partial charge >= 0.3 is 0 Å². The zero-order chi connectivity index (χ0) is 19.4. The maximum atomic E-state index is 12.8. The van der Waals surface area contributed by atoms with Crippen LogP contribution in [0.5, 0.6) is 0 Å². The molecule has 1 aliphatic heterocycles. The molecule has 0 bridgehead atoms. The number of hydrogen-bond acceptors (Lipinski definition) is 3. The first kappa shape index (κ1) is 15.8. The average Bonchev–Trinajstić information content (AvgIpc) is 3.40. The fourth-order valence-electron chi connectivity index (χ4n) is 3.86. The third-order valence-corrected chi connectivity index (χ3v) is 5.19. The van der Waals surface area contributed by atoms with Crippen molar-refractivity contribution >= 4 is 22.6 Å². The van der Waals surface area contributed by atoms with E-state index < -0.39 is 0 Å². The topological polar surface area (TPSA) is 64.7 Å². The largest absolute Gasteiger partial charge is 0.320 e. The fraction of sp³-hybridized carbons (Fsp3) is 0. The minimum Gasteiger partial charge on any atom is -0.320 e. The lowest BCUT2D eigenvalue weighted by Crippen LogP contribution is -2.10. The Morgan fingerprint density at radius 3 is 2.55 bits per heavy atom. The van der Waals surface area contributed by atoms with E-state index in [2.05, 4.69) is 10.3 Å². The molecule has 138 valence electrons. The summed E-state index contributed by atoms with van der Waals surface area (Å²) in [6.07, 6.45) is 5.74. The molecule has 6 heteroatoms. The Labute approximate surface area is 166 Å². The third kappa shape index (κ3) is 2.32. The summed E-state index contributed by atoms with van der Waals surface area (Å²) in [6.45, 7) is 0. The van der Waals surface area contributed by atoms with Crippen molar-refractivity contribution < 1.29 is 4.79 Å². The van der Waals surface area contributed by atoms with Gasteiger partial charge in [-0.25, -0.2) is 9.97 Å². The number of carbonyl (C=O) groups excluding carboxylic acids is 1. The molecule has 2 aromatic carbocycles. The van der Waals surface area contributed by atoms with Crippen molar-refractivity contribution in [2.24, 2.45) is 0 Å². The maximum Gasteiger partial charge on any atom is 0.257 e. The third-order valence-electron chi connectivity index (χ3n) is 5.19. The second-order valence-electron chi connectivity index (χ2n) is 6.91. The number of carbonyl (C=O) groups is 1. The molecule has 0 unspecified atom stereocenters. The number of para-hydroxylation sites is 3. The van der Waals surface area contributed by atoms with Gasteiger partial charge in [0.05, 0.1) is 28.0 Å². The molecule has 0 saturated heterocycles. The molecule has 0 fully saturated rings. The van der Waals surface area contributed by atoms with Crippen LogP contribution in [0.3, 0.4) is 0 Å². The summed E-state index contributed by atoms with van der Waals surface area (Å²) in [4.78, 5) is 22.3. The van der Waals surface area contributed by atoms with Crippen LogP contribution in [0.4, 0.5) is 5.69 Å². The lowest BCUT2D eigenvalue weighted by Gasteiger charge is -2.12. The van der Waals surface area contributed by atoms with Gasteiger partial charge in [0.2, 0.25) is 0 Å². The summed E-state index contributed by atoms with van der Waals surface area (Å²) in [5.41, 5.74) is 4.71. The van der Waals surface area contributed by atoms with Gasteiger partial charge in [0.1, 0.15) is 11.6 Å². The molecule has 0 radical (unpaired) electrons. The van der Waals surface area contributed by atoms with E-state index in [-0.39, 0.29) is 5.91 Å². The summed E-state index contributed by atoms with van der Waals surface area (Å²) in [6, 6.07) is 21.3. The minimum atomic E-state index is -0.130. The van der Waals surface area contributed by atoms with E-state index in [9.17, 15) is 4.79 Å². The first-order valence-corrected chi connectivity index (χ1v) is 9.31. The Hall–Kier alpha value is -4.19. The highest BCUT2D eigenvalue weighted by molar-refractivity contribution is 6.14. The monoisotopic (exact) mass is 377 g/mol. The molecule has 6 nitrogen and oxygen atoms in total. The molecule has 1 amide bonds. The molecule has 0 spiro atoms. The number of pyridine rings is 1. The van der Waals surface area contributed by atoms with Gasteiger partial charge < -0.3 is 9.88 Å². The SMILES string of the molecule is O=C1Nc2ccccc2-n2c(-c3ccc(-n4cccc4)nc3)nc3cccc1c32. The van der Waals surface area contributed by atoms with Crippen LogP contribution in [0.15, 0.2) is 85.3 Å². The molecule has 0 saturated carbocycles. The quantitative estimate of drug-likeness (QED) is 0.494. The van der Waals surface area contributed by atoms with E-state index >= 15 is 0 Å². The van der Waals surface area contributed by atoms with E-state index in [1.807, 2.05) is 94.5 Å². The number of nitrogens with one attached hydrogen (secondary N) is 1. The second kappa shape index (κ2) is 5.90. The summed E-state index contributed by atoms with van der Waals surface area (Å²) in [5, 5.41) is 3.02. The lowest BCUT2D eigenvalue weighted by molar-refractivity contribution is 0.102. The number of fused-ring (bicyclic) bond motifs is 2. The van der Waals surface area contributed by atoms with E-state index in [0.717, 1.165) is 39.6 Å². The molecule has 1 N–H and O–H groups in total. The predicted octanol–water partition coefficient (Wildman–Crippen LogP) is 4.44. The Balaban J connectivity index is 1.63. The van der Waals surface area contributed by atoms with Gasteiger partial charge in [0, 0.05) is 24.2 Å². The van der Waals surface area contributed by atoms with Crippen molar-refractivity contribution in [2.45, 2.75) is 0 Å². The Morgan fingerprint density at radius 1 is 0.862 bits per heavy atom. The molecular formula is C23H15N5O. The van der Waals surface area contributed by atoms with E-state index in [1.54, 1.807) is 0 Å². The standard InChI is InChI=1S/C23H15N5O/c29-23-16-6-5-8-18-21(16)28(19-9-2-1-7-17(19)26-23)22(25-18)15-10-11-20(24-14-15)27-12-3-4-13-27/h1-14H,(H,26,29). The number of aromatic nitrogens is 4. The van der Waals surface area contributed by atoms with Crippen LogP contribution in [0.1, 0.15) is 10.4 Å². The number of imidazole rings is 1. The molecule has 1 aliphatic rings. The Kier molecular flexibility index (Phi) is 3.22. The number of nitrogens with zero attached hydrogens (tertiary/aromatic N) is 4. The minimum absolute atomic E-state index is 0.130. The van der Waals surface area contributed by atoms with Crippen LogP contribution in [-0.2, 0) is 0 Å². The summed E-state index contributed by atoms with van der Waals surface area (Å²) in [5.74, 6) is 1.46. The average molecular weight is 377 g/mol. The lowest BCUT2D eigenvalue weighted by atomic mass is 10.1. The maximum absolute atomic E-state index is 12.8. The zero-order valence-electron chi connectivity index (χ0n) is 15.3. The number of rotatable bonds is 2. The van der Waals surface area contributed by atoms with Gasteiger partial charge in [-0.1, -0.05) is 18.2 Å². The van der Waals surface area contributed by atoms with Crippen LogP contribution >= 0.6 is 0 Å². The van der Waals surface area contributed by atoms with Crippen molar-refractivity contribution in [3.05, 3.63) is 90.9 Å². The van der Waals surface area contributed by atoms with Gasteiger partial charge in [-0.15, -0.1) is 0 Å². The summed E-state index contributed by atoms with van der Waals surface area (Å²) < 4.78 is 4.00. The van der Waals surface area contributed by atoms with Gasteiger partial charge in [-0.3, -0.25) is 9.36 Å². The van der Waals surface area contributed by atoms with Crippen molar-refractivity contribution in [1.82, 2.24) is 19.1 Å². The van der Waals surface area contributed by atoms with Crippen molar-refractivity contribution in [3.63, 3.8) is 0 Å². The first-order chi connectivity index (χ1) is 14.3. The van der Waals surface area contributed by atoms with Crippen LogP contribution in [0.2, 0.25) is 0 Å². The number of amides is 1. The fourth-order valence-corrected chi connectivity index (χ4v) is 3.86. The number of benzene rings is 2. The molecule has 0 aliphatic carbocycles. The molecule has 4 heterocycles. The van der Waals surface area contributed by atoms with E-state index in [0.29, 0.717) is 5.56 Å². The highest BCUT2D eigenvalue weighted by Gasteiger charge is 2.25. The van der Waals surface area contributed by atoms with Crippen LogP contribution < -0.4 is 5.32 Å². The van der Waals surface area contributed by atoms with Crippen molar-refractivity contribution in [3.8, 4) is 22.9 Å². The van der Waals surface area contributed by atoms with E-state index in [1.165, 1.54) is 0 Å². The molecule has 29 heavy (non-hydrogen) atoms. The molecule has 6 rings (SSSR count). The van der Waals surface area contributed by atoms with Gasteiger partial charge in [-0.05, 0) is 48.5 Å². The molecule has 5 aromatic rings. The summed E-state index contributed by atoms with van der Waals surface area (Å²) in [7, 11) is 0. The first-order valence-electron chi connectivity index (χ1n) is 9.31. The van der Waals surface area contributed by atoms with Gasteiger partial charge in [0.25, 0.3) is 5.91 Å². The van der Waals surface area contributed by atoms with Gasteiger partial charge in [0.15, 0.2) is 0 Å². The highest BCUT2D eigenvalue weighted by Crippen LogP contribution is 2.36. The van der Waals surface area contributed by atoms with Crippen molar-refractivity contribution in [2.75, 3.05) is 5.32 Å². The normalized spacial score (nSPS) is 12.5. The van der Waals surface area contributed by atoms with Crippen LogP contribution in [0.25, 0.3) is 33.9 Å². The highest BCUT2D eigenvalue weighted by atomic mass is 16.1. The molecule has 0 atom stereocenters. The second-order valence-corrected chi connectivity index (χ2v) is 6.91. The molecular weight excluding hydrogens is 362 g/mol. The Bertz CT molecular complexity index is 1380. The summed E-state index contributed by atoms with van der Waals surface area (Å²) >= 11 is 0. The number of anilines is 1. The zero-order valence-corrected chi connectivity index (χ0v) is 15.3. The smallest absolute Gasteiger partial charge is 0.257 e. The number of hydrogen-bond donors (Lipinski definition) is 1. The van der Waals surface area contributed by atoms with Crippen LogP contribution in [-0.4, -0.2) is 25.0 Å². The van der Waals surface area contributed by atoms with Gasteiger partial charge in [-0.2, -0.15) is 0 Å². The van der Waals surface area contributed by atoms with Crippen LogP contribution in [0, 0.1) is 0 Å².